The Morgan fingerprint density at radius 1 is 0.885 bits per heavy atom. The molecule has 0 fully saturated rings. The highest BCUT2D eigenvalue weighted by Gasteiger charge is 2.41. The minimum absolute atomic E-state index is 0.276. The van der Waals surface area contributed by atoms with Crippen molar-refractivity contribution in [3.05, 3.63) is 71.8 Å². The Labute approximate surface area is 155 Å². The summed E-state index contributed by atoms with van der Waals surface area (Å²) >= 11 is 0. The smallest absolute Gasteiger partial charge is 0.316 e. The maximum Gasteiger partial charge on any atom is 0.316 e. The van der Waals surface area contributed by atoms with Crippen LogP contribution in [0.5, 0.6) is 0 Å². The predicted octanol–water partition coefficient (Wildman–Crippen LogP) is 4.24. The van der Waals surface area contributed by atoms with Crippen LogP contribution in [0.3, 0.4) is 0 Å². The molecule has 0 saturated carbocycles. The minimum Gasteiger partial charge on any atom is -0.466 e. The van der Waals surface area contributed by atoms with Crippen LogP contribution in [0.25, 0.3) is 0 Å². The highest BCUT2D eigenvalue weighted by atomic mass is 16.5. The predicted molar refractivity (Wildman–Crippen MR) is 101 cm³/mol. The average molecular weight is 354 g/mol. The highest BCUT2D eigenvalue weighted by Crippen LogP contribution is 2.37. The number of ether oxygens (including phenoxy) is 2. The molecule has 2 aromatic rings. The minimum atomic E-state index is -0.954. The van der Waals surface area contributed by atoms with Gasteiger partial charge in [0.25, 0.3) is 0 Å². The van der Waals surface area contributed by atoms with Crippen LogP contribution in [-0.2, 0) is 24.5 Å². The molecule has 138 valence electrons. The third kappa shape index (κ3) is 4.51. The molecule has 26 heavy (non-hydrogen) atoms. The Morgan fingerprint density at radius 2 is 1.42 bits per heavy atom. The molecular weight excluding hydrogens is 328 g/mol. The van der Waals surface area contributed by atoms with Crippen molar-refractivity contribution >= 4 is 11.9 Å². The molecule has 0 bridgehead atoms. The lowest BCUT2D eigenvalue weighted by molar-refractivity contribution is -0.151. The molecule has 0 spiro atoms. The first-order chi connectivity index (χ1) is 12.5. The summed E-state index contributed by atoms with van der Waals surface area (Å²) in [7, 11) is 0. The summed E-state index contributed by atoms with van der Waals surface area (Å²) in [6.45, 7) is 5.97. The van der Waals surface area contributed by atoms with Crippen molar-refractivity contribution in [1.29, 1.82) is 0 Å². The van der Waals surface area contributed by atoms with E-state index >= 15 is 0 Å². The van der Waals surface area contributed by atoms with Gasteiger partial charge in [0.15, 0.2) is 0 Å². The molecule has 0 saturated heterocycles. The molecular formula is C22H26O4. The molecule has 0 heterocycles. The summed E-state index contributed by atoms with van der Waals surface area (Å²) in [5.41, 5.74) is 0.700. The summed E-state index contributed by atoms with van der Waals surface area (Å²) in [5, 5.41) is 0. The summed E-state index contributed by atoms with van der Waals surface area (Å²) in [5.74, 6) is -1.22. The summed E-state index contributed by atoms with van der Waals surface area (Å²) in [6, 6.07) is 18.9. The summed E-state index contributed by atoms with van der Waals surface area (Å²) in [4.78, 5) is 25.5. The second kappa shape index (κ2) is 9.18. The first-order valence-corrected chi connectivity index (χ1v) is 8.97. The first kappa shape index (κ1) is 19.7. The molecule has 0 amide bonds. The van der Waals surface area contributed by atoms with E-state index in [1.807, 2.05) is 67.6 Å². The lowest BCUT2D eigenvalue weighted by Gasteiger charge is -2.31. The van der Waals surface area contributed by atoms with E-state index in [4.69, 9.17) is 9.47 Å². The lowest BCUT2D eigenvalue weighted by atomic mass is 9.73. The average Bonchev–Trinajstić information content (AvgIpc) is 2.67. The first-order valence-electron chi connectivity index (χ1n) is 8.97. The Kier molecular flexibility index (Phi) is 6.96. The Morgan fingerprint density at radius 3 is 1.96 bits per heavy atom. The fraction of sp³-hybridized carbons (Fsp3) is 0.364. The molecule has 0 N–H and O–H groups in total. The second-order valence-electron chi connectivity index (χ2n) is 6.34. The van der Waals surface area contributed by atoms with Crippen LogP contribution in [-0.4, -0.2) is 25.2 Å². The SMILES string of the molecule is CCOC(=O)C(CC(C)(C(=O)OCC)c1ccccc1)c1ccccc1. The molecule has 2 aromatic carbocycles. The van der Waals surface area contributed by atoms with Crippen LogP contribution in [0.4, 0.5) is 0 Å². The molecule has 2 unspecified atom stereocenters. The monoisotopic (exact) mass is 354 g/mol. The van der Waals surface area contributed by atoms with Crippen LogP contribution in [0.15, 0.2) is 60.7 Å². The molecule has 0 radical (unpaired) electrons. The van der Waals surface area contributed by atoms with Crippen molar-refractivity contribution < 1.29 is 19.1 Å². The van der Waals surface area contributed by atoms with Crippen molar-refractivity contribution in [2.75, 3.05) is 13.2 Å². The van der Waals surface area contributed by atoms with E-state index in [1.165, 1.54) is 0 Å². The number of esters is 2. The zero-order chi connectivity index (χ0) is 19.0. The van der Waals surface area contributed by atoms with E-state index in [1.54, 1.807) is 13.8 Å². The number of benzene rings is 2. The number of rotatable bonds is 8. The quantitative estimate of drug-likeness (QED) is 0.665. The highest BCUT2D eigenvalue weighted by molar-refractivity contribution is 5.85. The zero-order valence-electron chi connectivity index (χ0n) is 15.6. The molecule has 2 rings (SSSR count). The molecule has 2 atom stereocenters. The van der Waals surface area contributed by atoms with Crippen LogP contribution >= 0.6 is 0 Å². The van der Waals surface area contributed by atoms with Gasteiger partial charge in [-0.25, -0.2) is 0 Å². The number of hydrogen-bond acceptors (Lipinski definition) is 4. The second-order valence-corrected chi connectivity index (χ2v) is 6.34. The largest absolute Gasteiger partial charge is 0.466 e. The van der Waals surface area contributed by atoms with Gasteiger partial charge >= 0.3 is 11.9 Å². The fourth-order valence-corrected chi connectivity index (χ4v) is 3.09. The van der Waals surface area contributed by atoms with Crippen molar-refractivity contribution in [3.8, 4) is 0 Å². The van der Waals surface area contributed by atoms with Crippen LogP contribution < -0.4 is 0 Å². The van der Waals surface area contributed by atoms with Crippen molar-refractivity contribution in [2.24, 2.45) is 0 Å². The van der Waals surface area contributed by atoms with Crippen LogP contribution in [0.2, 0.25) is 0 Å². The maximum atomic E-state index is 12.8. The van der Waals surface area contributed by atoms with Crippen LogP contribution in [0.1, 0.15) is 44.2 Å². The third-order valence-corrected chi connectivity index (χ3v) is 4.52. The van der Waals surface area contributed by atoms with Gasteiger partial charge in [-0.3, -0.25) is 9.59 Å². The normalized spacial score (nSPS) is 14.1. The zero-order valence-corrected chi connectivity index (χ0v) is 15.6. The Balaban J connectivity index is 2.45. The third-order valence-electron chi connectivity index (χ3n) is 4.52. The van der Waals surface area contributed by atoms with Gasteiger partial charge < -0.3 is 9.47 Å². The van der Waals surface area contributed by atoms with Gasteiger partial charge in [-0.2, -0.15) is 0 Å². The Bertz CT molecular complexity index is 711. The molecule has 4 heteroatoms. The van der Waals surface area contributed by atoms with Gasteiger partial charge in [-0.1, -0.05) is 60.7 Å². The van der Waals surface area contributed by atoms with E-state index in [0.717, 1.165) is 11.1 Å². The van der Waals surface area contributed by atoms with E-state index < -0.39 is 11.3 Å². The molecule has 0 aliphatic carbocycles. The van der Waals surface area contributed by atoms with Gasteiger partial charge in [-0.05, 0) is 38.3 Å². The van der Waals surface area contributed by atoms with Gasteiger partial charge in [0.1, 0.15) is 0 Å². The van der Waals surface area contributed by atoms with Gasteiger partial charge in [0.05, 0.1) is 24.5 Å². The maximum absolute atomic E-state index is 12.8. The van der Waals surface area contributed by atoms with E-state index in [2.05, 4.69) is 0 Å². The van der Waals surface area contributed by atoms with Crippen molar-refractivity contribution in [3.63, 3.8) is 0 Å². The van der Waals surface area contributed by atoms with Gasteiger partial charge in [0.2, 0.25) is 0 Å². The summed E-state index contributed by atoms with van der Waals surface area (Å²) < 4.78 is 10.6. The van der Waals surface area contributed by atoms with E-state index in [0.29, 0.717) is 6.61 Å². The van der Waals surface area contributed by atoms with Gasteiger partial charge in [0, 0.05) is 0 Å². The molecule has 0 aromatic heterocycles. The number of carbonyl (C=O) groups is 2. The number of hydrogen-bond donors (Lipinski definition) is 0. The topological polar surface area (TPSA) is 52.6 Å². The summed E-state index contributed by atoms with van der Waals surface area (Å²) in [6.07, 6.45) is 0.276. The molecule has 0 aliphatic heterocycles. The van der Waals surface area contributed by atoms with Crippen LogP contribution in [0, 0.1) is 0 Å². The van der Waals surface area contributed by atoms with E-state index in [9.17, 15) is 9.59 Å². The molecule has 4 nitrogen and oxygen atoms in total. The standard InChI is InChI=1S/C22H26O4/c1-4-25-20(23)19(17-12-8-6-9-13-17)16-22(3,21(24)26-5-2)18-14-10-7-11-15-18/h6-15,19H,4-5,16H2,1-3H3. The van der Waals surface area contributed by atoms with Crippen molar-refractivity contribution in [2.45, 2.75) is 38.5 Å². The number of carbonyl (C=O) groups excluding carboxylic acids is 2. The van der Waals surface area contributed by atoms with E-state index in [-0.39, 0.29) is 25.0 Å². The van der Waals surface area contributed by atoms with Gasteiger partial charge in [-0.15, -0.1) is 0 Å². The van der Waals surface area contributed by atoms with Crippen molar-refractivity contribution in [1.82, 2.24) is 0 Å². The molecule has 0 aliphatic rings. The fourth-order valence-electron chi connectivity index (χ4n) is 3.09. The Hall–Kier alpha value is -2.62. The lowest BCUT2D eigenvalue weighted by Crippen LogP contribution is -2.38.